The van der Waals surface area contributed by atoms with Gasteiger partial charge in [0.25, 0.3) is 0 Å². The van der Waals surface area contributed by atoms with Crippen molar-refractivity contribution in [2.45, 2.75) is 25.4 Å². The van der Waals surface area contributed by atoms with Gasteiger partial charge in [-0.15, -0.1) is 11.3 Å². The molecule has 20 heavy (non-hydrogen) atoms. The molecule has 0 bridgehead atoms. The summed E-state index contributed by atoms with van der Waals surface area (Å²) in [5, 5.41) is 5.64. The molecule has 2 saturated heterocycles. The highest BCUT2D eigenvalue weighted by Gasteiger charge is 2.35. The number of piperidine rings is 1. The molecule has 2 aliphatic heterocycles. The first kappa shape index (κ1) is 14.0. The number of likely N-dealkylation sites (N-methyl/N-ethyl adjacent to an activating group) is 1. The molecule has 0 spiro atoms. The average Bonchev–Trinajstić information content (AvgIpc) is 3.06. The summed E-state index contributed by atoms with van der Waals surface area (Å²) >= 11 is 1.71. The SMILES string of the molecule is CN(Cc1cccs1)C(=O)CN1CC2CCCNC2C1. The predicted molar refractivity (Wildman–Crippen MR) is 81.7 cm³/mol. The number of likely N-dealkylation sites (tertiary alicyclic amines) is 1. The molecule has 1 amide bonds. The van der Waals surface area contributed by atoms with E-state index in [-0.39, 0.29) is 5.91 Å². The maximum Gasteiger partial charge on any atom is 0.236 e. The molecule has 5 heteroatoms. The van der Waals surface area contributed by atoms with Crippen molar-refractivity contribution in [1.29, 1.82) is 0 Å². The standard InChI is InChI=1S/C15H23N3OS/c1-17(9-13-5-3-7-20-13)15(19)11-18-8-12-4-2-6-16-14(12)10-18/h3,5,7,12,14,16H,2,4,6,8-11H2,1H3. The smallest absolute Gasteiger partial charge is 0.236 e. The molecule has 0 radical (unpaired) electrons. The van der Waals surface area contributed by atoms with Crippen molar-refractivity contribution in [1.82, 2.24) is 15.1 Å². The second-order valence-electron chi connectivity index (χ2n) is 5.99. The molecule has 1 aromatic rings. The van der Waals surface area contributed by atoms with Gasteiger partial charge in [0.15, 0.2) is 0 Å². The number of carbonyl (C=O) groups excluding carboxylic acids is 1. The van der Waals surface area contributed by atoms with Crippen LogP contribution in [-0.2, 0) is 11.3 Å². The van der Waals surface area contributed by atoms with Crippen molar-refractivity contribution in [2.24, 2.45) is 5.92 Å². The van der Waals surface area contributed by atoms with Crippen LogP contribution in [0.1, 0.15) is 17.7 Å². The van der Waals surface area contributed by atoms with E-state index in [2.05, 4.69) is 21.7 Å². The molecule has 1 aromatic heterocycles. The van der Waals surface area contributed by atoms with Gasteiger partial charge in [0.2, 0.25) is 5.91 Å². The number of hydrogen-bond acceptors (Lipinski definition) is 4. The molecule has 0 saturated carbocycles. The summed E-state index contributed by atoms with van der Waals surface area (Å²) in [6.45, 7) is 4.55. The van der Waals surface area contributed by atoms with Crippen LogP contribution in [0.5, 0.6) is 0 Å². The zero-order valence-electron chi connectivity index (χ0n) is 12.0. The van der Waals surface area contributed by atoms with Crippen molar-refractivity contribution in [3.63, 3.8) is 0 Å². The van der Waals surface area contributed by atoms with E-state index >= 15 is 0 Å². The number of rotatable bonds is 4. The van der Waals surface area contributed by atoms with Crippen LogP contribution in [-0.4, -0.2) is 55.0 Å². The Bertz CT molecular complexity index is 434. The Morgan fingerprint density at radius 2 is 2.45 bits per heavy atom. The summed E-state index contributed by atoms with van der Waals surface area (Å²) in [4.78, 5) is 17.7. The highest BCUT2D eigenvalue weighted by molar-refractivity contribution is 7.09. The molecule has 0 aromatic carbocycles. The summed E-state index contributed by atoms with van der Waals surface area (Å²) < 4.78 is 0. The monoisotopic (exact) mass is 293 g/mol. The van der Waals surface area contributed by atoms with E-state index in [1.54, 1.807) is 11.3 Å². The molecule has 0 aliphatic carbocycles. The van der Waals surface area contributed by atoms with Crippen LogP contribution < -0.4 is 5.32 Å². The predicted octanol–water partition coefficient (Wildman–Crippen LogP) is 1.39. The van der Waals surface area contributed by atoms with Gasteiger partial charge in [-0.2, -0.15) is 0 Å². The molecule has 2 atom stereocenters. The van der Waals surface area contributed by atoms with Crippen molar-refractivity contribution in [3.05, 3.63) is 22.4 Å². The summed E-state index contributed by atoms with van der Waals surface area (Å²) in [7, 11) is 1.91. The van der Waals surface area contributed by atoms with Crippen LogP contribution >= 0.6 is 11.3 Å². The number of nitrogens with one attached hydrogen (secondary N) is 1. The van der Waals surface area contributed by atoms with Gasteiger partial charge in [0, 0.05) is 31.1 Å². The normalized spacial score (nSPS) is 26.4. The summed E-state index contributed by atoms with van der Waals surface area (Å²) in [6.07, 6.45) is 2.59. The number of nitrogens with zero attached hydrogens (tertiary/aromatic N) is 2. The molecule has 1 N–H and O–H groups in total. The Morgan fingerprint density at radius 3 is 3.20 bits per heavy atom. The maximum atomic E-state index is 12.3. The minimum Gasteiger partial charge on any atom is -0.340 e. The first-order valence-corrected chi connectivity index (χ1v) is 8.32. The zero-order valence-corrected chi connectivity index (χ0v) is 12.9. The van der Waals surface area contributed by atoms with Crippen molar-refractivity contribution in [2.75, 3.05) is 33.2 Å². The lowest BCUT2D eigenvalue weighted by molar-refractivity contribution is -0.131. The largest absolute Gasteiger partial charge is 0.340 e. The third kappa shape index (κ3) is 3.22. The Morgan fingerprint density at radius 1 is 1.55 bits per heavy atom. The summed E-state index contributed by atoms with van der Waals surface area (Å²) in [5.74, 6) is 0.983. The van der Waals surface area contributed by atoms with Crippen molar-refractivity contribution >= 4 is 17.2 Å². The Labute approximate surface area is 124 Å². The molecule has 3 rings (SSSR count). The van der Waals surface area contributed by atoms with Gasteiger partial charge in [-0.05, 0) is 36.8 Å². The Hall–Kier alpha value is -0.910. The van der Waals surface area contributed by atoms with E-state index in [1.807, 2.05) is 18.0 Å². The van der Waals surface area contributed by atoms with Gasteiger partial charge < -0.3 is 10.2 Å². The third-order valence-electron chi connectivity index (χ3n) is 4.43. The molecule has 2 fully saturated rings. The number of hydrogen-bond donors (Lipinski definition) is 1. The maximum absolute atomic E-state index is 12.3. The lowest BCUT2D eigenvalue weighted by atomic mass is 9.94. The highest BCUT2D eigenvalue weighted by Crippen LogP contribution is 2.24. The van der Waals surface area contributed by atoms with Crippen molar-refractivity contribution in [3.8, 4) is 0 Å². The average molecular weight is 293 g/mol. The van der Waals surface area contributed by atoms with E-state index in [9.17, 15) is 4.79 Å². The lowest BCUT2D eigenvalue weighted by Gasteiger charge is -2.24. The molecular weight excluding hydrogens is 270 g/mol. The molecule has 2 aliphatic rings. The summed E-state index contributed by atoms with van der Waals surface area (Å²) in [5.41, 5.74) is 0. The number of carbonyl (C=O) groups is 1. The lowest BCUT2D eigenvalue weighted by Crippen LogP contribution is -2.41. The van der Waals surface area contributed by atoms with E-state index in [1.165, 1.54) is 17.7 Å². The van der Waals surface area contributed by atoms with Crippen LogP contribution in [0.25, 0.3) is 0 Å². The zero-order chi connectivity index (χ0) is 13.9. The quantitative estimate of drug-likeness (QED) is 0.911. The molecule has 4 nitrogen and oxygen atoms in total. The van der Waals surface area contributed by atoms with Crippen LogP contribution in [0.4, 0.5) is 0 Å². The first-order chi connectivity index (χ1) is 9.72. The van der Waals surface area contributed by atoms with Gasteiger partial charge in [-0.1, -0.05) is 6.07 Å². The Kier molecular flexibility index (Phi) is 4.38. The van der Waals surface area contributed by atoms with E-state index in [4.69, 9.17) is 0 Å². The minimum atomic E-state index is 0.233. The van der Waals surface area contributed by atoms with E-state index < -0.39 is 0 Å². The fraction of sp³-hybridized carbons (Fsp3) is 0.667. The fourth-order valence-corrected chi connectivity index (χ4v) is 4.06. The van der Waals surface area contributed by atoms with Crippen LogP contribution in [0, 0.1) is 5.92 Å². The van der Waals surface area contributed by atoms with E-state index in [0.29, 0.717) is 12.6 Å². The molecule has 3 heterocycles. The first-order valence-electron chi connectivity index (χ1n) is 7.44. The van der Waals surface area contributed by atoms with Crippen LogP contribution in [0.15, 0.2) is 17.5 Å². The van der Waals surface area contributed by atoms with E-state index in [0.717, 1.165) is 32.1 Å². The molecule has 110 valence electrons. The topological polar surface area (TPSA) is 35.6 Å². The van der Waals surface area contributed by atoms with Gasteiger partial charge in [0.1, 0.15) is 0 Å². The Balaban J connectivity index is 1.49. The fourth-order valence-electron chi connectivity index (χ4n) is 3.30. The van der Waals surface area contributed by atoms with Gasteiger partial charge in [-0.3, -0.25) is 9.69 Å². The number of fused-ring (bicyclic) bond motifs is 1. The third-order valence-corrected chi connectivity index (χ3v) is 5.29. The summed E-state index contributed by atoms with van der Waals surface area (Å²) in [6, 6.07) is 4.73. The highest BCUT2D eigenvalue weighted by atomic mass is 32.1. The van der Waals surface area contributed by atoms with Crippen LogP contribution in [0.2, 0.25) is 0 Å². The van der Waals surface area contributed by atoms with Gasteiger partial charge in [0.05, 0.1) is 13.1 Å². The number of thiophene rings is 1. The molecule has 2 unspecified atom stereocenters. The second-order valence-corrected chi connectivity index (χ2v) is 7.02. The van der Waals surface area contributed by atoms with Crippen LogP contribution in [0.3, 0.4) is 0 Å². The number of amides is 1. The second kappa shape index (κ2) is 6.24. The minimum absolute atomic E-state index is 0.233. The van der Waals surface area contributed by atoms with Gasteiger partial charge >= 0.3 is 0 Å². The molecular formula is C15H23N3OS. The van der Waals surface area contributed by atoms with Crippen molar-refractivity contribution < 1.29 is 4.79 Å². The van der Waals surface area contributed by atoms with Gasteiger partial charge in [-0.25, -0.2) is 0 Å².